The first kappa shape index (κ1) is 12.9. The van der Waals surface area contributed by atoms with Crippen molar-refractivity contribution in [1.29, 1.82) is 0 Å². The molecule has 5 nitrogen and oxygen atoms in total. The lowest BCUT2D eigenvalue weighted by Gasteiger charge is -2.05. The summed E-state index contributed by atoms with van der Waals surface area (Å²) in [5.41, 5.74) is 6.10. The first-order valence-electron chi connectivity index (χ1n) is 4.56. The molecule has 7 heteroatoms. The molecule has 16 heavy (non-hydrogen) atoms. The molecule has 0 atom stereocenters. The van der Waals surface area contributed by atoms with Crippen LogP contribution in [-0.4, -0.2) is 36.9 Å². The number of anilines is 1. The predicted octanol–water partition coefficient (Wildman–Crippen LogP) is 0.172. The van der Waals surface area contributed by atoms with Crippen LogP contribution in [0.25, 0.3) is 0 Å². The summed E-state index contributed by atoms with van der Waals surface area (Å²) in [6, 6.07) is 3.44. The second kappa shape index (κ2) is 5.22. The number of nitrogens with one attached hydrogen (secondary N) is 1. The maximum absolute atomic E-state index is 10.9. The van der Waals surface area contributed by atoms with E-state index in [9.17, 15) is 8.42 Å². The first-order valence-corrected chi connectivity index (χ1v) is 7.03. The number of nitrogens with two attached hydrogens (primary N) is 1. The van der Waals surface area contributed by atoms with Crippen LogP contribution in [0.5, 0.6) is 0 Å². The van der Waals surface area contributed by atoms with E-state index in [-0.39, 0.29) is 10.7 Å². The van der Waals surface area contributed by atoms with Gasteiger partial charge in [-0.25, -0.2) is 13.4 Å². The molecule has 0 saturated carbocycles. The second-order valence-corrected chi connectivity index (χ2v) is 6.05. The van der Waals surface area contributed by atoms with E-state index in [2.05, 4.69) is 10.3 Å². The number of nitrogens with zero attached hydrogens (tertiary/aromatic N) is 1. The highest BCUT2D eigenvalue weighted by Gasteiger charge is 2.02. The van der Waals surface area contributed by atoms with Crippen LogP contribution in [0.15, 0.2) is 18.3 Å². The SMILES string of the molecule is CS(=O)(=O)CCNc1ccc(C(N)=S)cn1. The van der Waals surface area contributed by atoms with Gasteiger partial charge in [0.15, 0.2) is 0 Å². The molecule has 1 heterocycles. The van der Waals surface area contributed by atoms with E-state index in [0.29, 0.717) is 17.9 Å². The maximum Gasteiger partial charge on any atom is 0.149 e. The maximum atomic E-state index is 10.9. The molecule has 0 saturated heterocycles. The van der Waals surface area contributed by atoms with E-state index in [1.165, 1.54) is 6.26 Å². The molecule has 0 fully saturated rings. The standard InChI is InChI=1S/C9H13N3O2S2/c1-16(13,14)5-4-11-8-3-2-7(6-12-8)9(10)15/h2-3,6H,4-5H2,1H3,(H2,10,15)(H,11,12). The summed E-state index contributed by atoms with van der Waals surface area (Å²) in [4.78, 5) is 4.33. The highest BCUT2D eigenvalue weighted by atomic mass is 32.2. The average molecular weight is 259 g/mol. The highest BCUT2D eigenvalue weighted by molar-refractivity contribution is 7.90. The lowest BCUT2D eigenvalue weighted by Crippen LogP contribution is -2.15. The van der Waals surface area contributed by atoms with Gasteiger partial charge < -0.3 is 11.1 Å². The van der Waals surface area contributed by atoms with Crippen LogP contribution in [-0.2, 0) is 9.84 Å². The monoisotopic (exact) mass is 259 g/mol. The second-order valence-electron chi connectivity index (χ2n) is 3.35. The van der Waals surface area contributed by atoms with Gasteiger partial charge in [0, 0.05) is 24.6 Å². The lowest BCUT2D eigenvalue weighted by atomic mass is 10.3. The van der Waals surface area contributed by atoms with E-state index in [4.69, 9.17) is 18.0 Å². The summed E-state index contributed by atoms with van der Waals surface area (Å²) in [6.45, 7) is 0.332. The molecule has 88 valence electrons. The van der Waals surface area contributed by atoms with Crippen LogP contribution in [0.3, 0.4) is 0 Å². The molecule has 0 aliphatic carbocycles. The van der Waals surface area contributed by atoms with Crippen molar-refractivity contribution in [3.63, 3.8) is 0 Å². The number of sulfone groups is 1. The number of pyridine rings is 1. The Bertz CT molecular complexity index is 468. The Morgan fingerprint density at radius 3 is 2.69 bits per heavy atom. The molecule has 3 N–H and O–H groups in total. The fourth-order valence-electron chi connectivity index (χ4n) is 1.01. The summed E-state index contributed by atoms with van der Waals surface area (Å²) in [6.07, 6.45) is 2.74. The van der Waals surface area contributed by atoms with Gasteiger partial charge in [0.2, 0.25) is 0 Å². The van der Waals surface area contributed by atoms with E-state index in [1.807, 2.05) is 0 Å². The van der Waals surface area contributed by atoms with Crippen LogP contribution in [0.1, 0.15) is 5.56 Å². The van der Waals surface area contributed by atoms with E-state index in [0.717, 1.165) is 0 Å². The normalized spacial score (nSPS) is 11.1. The van der Waals surface area contributed by atoms with Crippen LogP contribution in [0, 0.1) is 0 Å². The van der Waals surface area contributed by atoms with Crippen LogP contribution in [0.4, 0.5) is 5.82 Å². The number of hydrogen-bond acceptors (Lipinski definition) is 5. The highest BCUT2D eigenvalue weighted by Crippen LogP contribution is 2.04. The molecule has 0 aliphatic rings. The van der Waals surface area contributed by atoms with Crippen molar-refractivity contribution in [2.45, 2.75) is 0 Å². The third kappa shape index (κ3) is 4.54. The molecule has 0 unspecified atom stereocenters. The van der Waals surface area contributed by atoms with Crippen molar-refractivity contribution in [3.05, 3.63) is 23.9 Å². The van der Waals surface area contributed by atoms with Crippen LogP contribution < -0.4 is 11.1 Å². The van der Waals surface area contributed by atoms with Crippen LogP contribution in [0.2, 0.25) is 0 Å². The Kier molecular flexibility index (Phi) is 4.19. The van der Waals surface area contributed by atoms with Crippen molar-refractivity contribution in [1.82, 2.24) is 4.98 Å². The zero-order valence-corrected chi connectivity index (χ0v) is 10.4. The topological polar surface area (TPSA) is 85.1 Å². The Hall–Kier alpha value is -1.21. The number of rotatable bonds is 5. The van der Waals surface area contributed by atoms with Crippen molar-refractivity contribution in [2.24, 2.45) is 5.73 Å². The van der Waals surface area contributed by atoms with Gasteiger partial charge in [-0.05, 0) is 12.1 Å². The Morgan fingerprint density at radius 2 is 2.25 bits per heavy atom. The van der Waals surface area contributed by atoms with E-state index >= 15 is 0 Å². The molecule has 0 radical (unpaired) electrons. The van der Waals surface area contributed by atoms with Gasteiger partial charge in [-0.1, -0.05) is 12.2 Å². The molecular formula is C9H13N3O2S2. The zero-order valence-electron chi connectivity index (χ0n) is 8.80. The summed E-state index contributed by atoms with van der Waals surface area (Å²) in [5, 5.41) is 2.89. The van der Waals surface area contributed by atoms with E-state index in [1.54, 1.807) is 18.3 Å². The smallest absolute Gasteiger partial charge is 0.149 e. The summed E-state index contributed by atoms with van der Waals surface area (Å²) in [7, 11) is -2.95. The molecule has 1 aromatic rings. The van der Waals surface area contributed by atoms with Gasteiger partial charge >= 0.3 is 0 Å². The van der Waals surface area contributed by atoms with Gasteiger partial charge in [-0.15, -0.1) is 0 Å². The first-order chi connectivity index (χ1) is 7.38. The van der Waals surface area contributed by atoms with Crippen molar-refractivity contribution >= 4 is 32.9 Å². The largest absolute Gasteiger partial charge is 0.389 e. The van der Waals surface area contributed by atoms with Crippen molar-refractivity contribution in [2.75, 3.05) is 23.9 Å². The van der Waals surface area contributed by atoms with Gasteiger partial charge in [-0.3, -0.25) is 0 Å². The minimum atomic E-state index is -2.95. The minimum absolute atomic E-state index is 0.0751. The fraction of sp³-hybridized carbons (Fsp3) is 0.333. The molecular weight excluding hydrogens is 246 g/mol. The number of thiocarbonyl (C=S) groups is 1. The zero-order chi connectivity index (χ0) is 12.2. The molecule has 0 amide bonds. The molecule has 1 aromatic heterocycles. The molecule has 0 bridgehead atoms. The average Bonchev–Trinajstić information content (AvgIpc) is 2.16. The minimum Gasteiger partial charge on any atom is -0.389 e. The number of aromatic nitrogens is 1. The predicted molar refractivity (Wildman–Crippen MR) is 68.3 cm³/mol. The molecule has 1 rings (SSSR count). The van der Waals surface area contributed by atoms with Crippen LogP contribution >= 0.6 is 12.2 Å². The van der Waals surface area contributed by atoms with Gasteiger partial charge in [0.25, 0.3) is 0 Å². The summed E-state index contributed by atoms with van der Waals surface area (Å²) < 4.78 is 21.7. The molecule has 0 spiro atoms. The Morgan fingerprint density at radius 1 is 1.56 bits per heavy atom. The quantitative estimate of drug-likeness (QED) is 0.733. The van der Waals surface area contributed by atoms with Crippen molar-refractivity contribution < 1.29 is 8.42 Å². The fourth-order valence-corrected chi connectivity index (χ4v) is 1.60. The van der Waals surface area contributed by atoms with Gasteiger partial charge in [0.05, 0.1) is 5.75 Å². The third-order valence-corrected chi connectivity index (χ3v) is 3.01. The number of hydrogen-bond donors (Lipinski definition) is 2. The Labute approximate surface area is 100.0 Å². The van der Waals surface area contributed by atoms with E-state index < -0.39 is 9.84 Å². The lowest BCUT2D eigenvalue weighted by molar-refractivity contribution is 0.602. The molecule has 0 aromatic carbocycles. The summed E-state index contributed by atoms with van der Waals surface area (Å²) in [5.74, 6) is 0.676. The van der Waals surface area contributed by atoms with Gasteiger partial charge in [-0.2, -0.15) is 0 Å². The Balaban J connectivity index is 2.53. The summed E-state index contributed by atoms with van der Waals surface area (Å²) >= 11 is 4.78. The van der Waals surface area contributed by atoms with Gasteiger partial charge in [0.1, 0.15) is 20.6 Å². The molecule has 0 aliphatic heterocycles. The third-order valence-electron chi connectivity index (χ3n) is 1.83. The van der Waals surface area contributed by atoms with Crippen molar-refractivity contribution in [3.8, 4) is 0 Å².